The molecule has 2 heterocycles. The first kappa shape index (κ1) is 13.2. The number of rotatable bonds is 3. The average Bonchev–Trinajstić information content (AvgIpc) is 2.49. The predicted octanol–water partition coefficient (Wildman–Crippen LogP) is 2.68. The SMILES string of the molecule is COc1ccc(CN2CCNc3ncc(Br)nc32)cc1. The molecule has 0 saturated carbocycles. The quantitative estimate of drug-likeness (QED) is 0.935. The van der Waals surface area contributed by atoms with E-state index in [1.54, 1.807) is 13.3 Å². The Kier molecular flexibility index (Phi) is 3.73. The van der Waals surface area contributed by atoms with E-state index in [1.807, 2.05) is 12.1 Å². The minimum Gasteiger partial charge on any atom is -0.497 e. The van der Waals surface area contributed by atoms with E-state index in [9.17, 15) is 0 Å². The molecule has 0 atom stereocenters. The fourth-order valence-electron chi connectivity index (χ4n) is 2.22. The minimum absolute atomic E-state index is 0.750. The molecule has 104 valence electrons. The van der Waals surface area contributed by atoms with Crippen molar-refractivity contribution in [2.75, 3.05) is 30.4 Å². The van der Waals surface area contributed by atoms with E-state index < -0.39 is 0 Å². The van der Waals surface area contributed by atoms with Gasteiger partial charge >= 0.3 is 0 Å². The minimum atomic E-state index is 0.750. The molecule has 1 aliphatic rings. The van der Waals surface area contributed by atoms with Crippen molar-refractivity contribution in [3.8, 4) is 5.75 Å². The van der Waals surface area contributed by atoms with E-state index in [0.717, 1.165) is 41.6 Å². The van der Waals surface area contributed by atoms with Gasteiger partial charge in [0.1, 0.15) is 10.4 Å². The second-order valence-corrected chi connectivity index (χ2v) is 5.37. The van der Waals surface area contributed by atoms with Gasteiger partial charge in [-0.05, 0) is 33.6 Å². The second-order valence-electron chi connectivity index (χ2n) is 4.56. The van der Waals surface area contributed by atoms with Crippen LogP contribution in [-0.2, 0) is 6.54 Å². The number of nitrogens with one attached hydrogen (secondary N) is 1. The maximum atomic E-state index is 5.18. The van der Waals surface area contributed by atoms with Crippen molar-refractivity contribution in [3.05, 3.63) is 40.6 Å². The highest BCUT2D eigenvalue weighted by Crippen LogP contribution is 2.27. The van der Waals surface area contributed by atoms with Crippen LogP contribution in [0.25, 0.3) is 0 Å². The molecule has 3 rings (SSSR count). The number of hydrogen-bond donors (Lipinski definition) is 1. The van der Waals surface area contributed by atoms with Gasteiger partial charge in [-0.3, -0.25) is 0 Å². The van der Waals surface area contributed by atoms with Crippen LogP contribution >= 0.6 is 15.9 Å². The first-order chi connectivity index (χ1) is 9.76. The van der Waals surface area contributed by atoms with Gasteiger partial charge in [0, 0.05) is 19.6 Å². The number of anilines is 2. The summed E-state index contributed by atoms with van der Waals surface area (Å²) in [6.07, 6.45) is 1.71. The zero-order valence-electron chi connectivity index (χ0n) is 11.1. The topological polar surface area (TPSA) is 50.3 Å². The van der Waals surface area contributed by atoms with Crippen LogP contribution in [0.2, 0.25) is 0 Å². The lowest BCUT2D eigenvalue weighted by Gasteiger charge is -2.30. The zero-order valence-corrected chi connectivity index (χ0v) is 12.7. The number of ether oxygens (including phenoxy) is 1. The summed E-state index contributed by atoms with van der Waals surface area (Å²) in [4.78, 5) is 11.1. The summed E-state index contributed by atoms with van der Waals surface area (Å²) in [6.45, 7) is 2.59. The van der Waals surface area contributed by atoms with Gasteiger partial charge in [-0.1, -0.05) is 12.1 Å². The summed E-state index contributed by atoms with van der Waals surface area (Å²) >= 11 is 3.38. The van der Waals surface area contributed by atoms with Gasteiger partial charge < -0.3 is 15.0 Å². The third-order valence-corrected chi connectivity index (χ3v) is 3.61. The van der Waals surface area contributed by atoms with E-state index >= 15 is 0 Å². The van der Waals surface area contributed by atoms with E-state index in [1.165, 1.54) is 5.56 Å². The van der Waals surface area contributed by atoms with Crippen LogP contribution in [-0.4, -0.2) is 30.2 Å². The Balaban J connectivity index is 1.83. The molecule has 0 aliphatic carbocycles. The molecule has 0 fully saturated rings. The molecule has 1 aromatic carbocycles. The summed E-state index contributed by atoms with van der Waals surface area (Å²) in [5, 5.41) is 3.27. The van der Waals surface area contributed by atoms with Crippen molar-refractivity contribution in [3.63, 3.8) is 0 Å². The summed E-state index contributed by atoms with van der Waals surface area (Å²) in [5.74, 6) is 2.60. The van der Waals surface area contributed by atoms with Crippen molar-refractivity contribution in [2.24, 2.45) is 0 Å². The predicted molar refractivity (Wildman–Crippen MR) is 82.3 cm³/mol. The number of fused-ring (bicyclic) bond motifs is 1. The molecule has 6 heteroatoms. The third kappa shape index (κ3) is 2.70. The van der Waals surface area contributed by atoms with E-state index in [4.69, 9.17) is 4.74 Å². The molecule has 0 unspecified atom stereocenters. The summed E-state index contributed by atoms with van der Waals surface area (Å²) in [7, 11) is 1.68. The molecule has 1 aliphatic heterocycles. The smallest absolute Gasteiger partial charge is 0.173 e. The van der Waals surface area contributed by atoms with Crippen molar-refractivity contribution in [1.29, 1.82) is 0 Å². The lowest BCUT2D eigenvalue weighted by Crippen LogP contribution is -2.34. The highest BCUT2D eigenvalue weighted by atomic mass is 79.9. The normalized spacial score (nSPS) is 13.6. The Morgan fingerprint density at radius 3 is 2.90 bits per heavy atom. The number of aromatic nitrogens is 2. The van der Waals surface area contributed by atoms with Crippen molar-refractivity contribution in [2.45, 2.75) is 6.54 Å². The van der Waals surface area contributed by atoms with Crippen LogP contribution in [0.4, 0.5) is 11.6 Å². The maximum Gasteiger partial charge on any atom is 0.173 e. The Bertz CT molecular complexity index is 603. The molecule has 0 saturated heterocycles. The lowest BCUT2D eigenvalue weighted by molar-refractivity contribution is 0.414. The van der Waals surface area contributed by atoms with Gasteiger partial charge in [0.05, 0.1) is 13.3 Å². The Morgan fingerprint density at radius 1 is 1.35 bits per heavy atom. The van der Waals surface area contributed by atoms with Crippen molar-refractivity contribution in [1.82, 2.24) is 9.97 Å². The molecule has 0 radical (unpaired) electrons. The average molecular weight is 335 g/mol. The molecule has 20 heavy (non-hydrogen) atoms. The van der Waals surface area contributed by atoms with Gasteiger partial charge in [0.25, 0.3) is 0 Å². The summed E-state index contributed by atoms with van der Waals surface area (Å²) < 4.78 is 5.93. The molecule has 0 bridgehead atoms. The fourth-order valence-corrected chi connectivity index (χ4v) is 2.49. The first-order valence-corrected chi connectivity index (χ1v) is 7.20. The Morgan fingerprint density at radius 2 is 2.15 bits per heavy atom. The van der Waals surface area contributed by atoms with Gasteiger partial charge in [0.2, 0.25) is 0 Å². The highest BCUT2D eigenvalue weighted by molar-refractivity contribution is 9.10. The Labute approximate surface area is 126 Å². The maximum absolute atomic E-state index is 5.18. The van der Waals surface area contributed by atoms with Crippen LogP contribution in [0.3, 0.4) is 0 Å². The molecule has 0 spiro atoms. The molecule has 2 aromatic rings. The largest absolute Gasteiger partial charge is 0.497 e. The van der Waals surface area contributed by atoms with E-state index in [0.29, 0.717) is 0 Å². The van der Waals surface area contributed by atoms with Crippen LogP contribution in [0.1, 0.15) is 5.56 Å². The molecular weight excluding hydrogens is 320 g/mol. The molecular formula is C14H15BrN4O. The fraction of sp³-hybridized carbons (Fsp3) is 0.286. The van der Waals surface area contributed by atoms with Crippen LogP contribution in [0, 0.1) is 0 Å². The second kappa shape index (κ2) is 5.66. The van der Waals surface area contributed by atoms with Gasteiger partial charge in [0.15, 0.2) is 11.6 Å². The standard InChI is InChI=1S/C14H15BrN4O/c1-20-11-4-2-10(3-5-11)9-19-7-6-16-13-14(19)18-12(15)8-17-13/h2-5,8H,6-7,9H2,1H3,(H,16,17). The number of methoxy groups -OCH3 is 1. The van der Waals surface area contributed by atoms with E-state index in [-0.39, 0.29) is 0 Å². The highest BCUT2D eigenvalue weighted by Gasteiger charge is 2.19. The van der Waals surface area contributed by atoms with E-state index in [2.05, 4.69) is 48.2 Å². The third-order valence-electron chi connectivity index (χ3n) is 3.23. The van der Waals surface area contributed by atoms with Crippen LogP contribution in [0.15, 0.2) is 35.1 Å². The lowest BCUT2D eigenvalue weighted by atomic mass is 10.2. The number of hydrogen-bond acceptors (Lipinski definition) is 5. The summed E-state index contributed by atoms with van der Waals surface area (Å²) in [5.41, 5.74) is 1.22. The number of benzene rings is 1. The van der Waals surface area contributed by atoms with Crippen LogP contribution < -0.4 is 15.0 Å². The van der Waals surface area contributed by atoms with Crippen LogP contribution in [0.5, 0.6) is 5.75 Å². The van der Waals surface area contributed by atoms with Gasteiger partial charge in [-0.25, -0.2) is 9.97 Å². The molecule has 0 amide bonds. The van der Waals surface area contributed by atoms with Gasteiger partial charge in [-0.2, -0.15) is 0 Å². The molecule has 1 aromatic heterocycles. The van der Waals surface area contributed by atoms with Crippen molar-refractivity contribution >= 4 is 27.6 Å². The number of nitrogens with zero attached hydrogens (tertiary/aromatic N) is 3. The zero-order chi connectivity index (χ0) is 13.9. The molecule has 5 nitrogen and oxygen atoms in total. The summed E-state index contributed by atoms with van der Waals surface area (Å²) in [6, 6.07) is 8.11. The number of halogens is 1. The monoisotopic (exact) mass is 334 g/mol. The Hall–Kier alpha value is -1.82. The molecule has 1 N–H and O–H groups in total. The first-order valence-electron chi connectivity index (χ1n) is 6.40. The van der Waals surface area contributed by atoms with Gasteiger partial charge in [-0.15, -0.1) is 0 Å². The van der Waals surface area contributed by atoms with Crippen molar-refractivity contribution < 1.29 is 4.74 Å².